The number of hydrogen-bond donors (Lipinski definition) is 2. The Morgan fingerprint density at radius 3 is 2.40 bits per heavy atom. The summed E-state index contributed by atoms with van der Waals surface area (Å²) in [5.74, 6) is 0. The zero-order valence-electron chi connectivity index (χ0n) is 12.4. The quantitative estimate of drug-likeness (QED) is 0.878. The van der Waals surface area contributed by atoms with Gasteiger partial charge in [0, 0.05) is 18.3 Å². The van der Waals surface area contributed by atoms with Crippen LogP contribution in [0.4, 0.5) is 5.69 Å². The van der Waals surface area contributed by atoms with Gasteiger partial charge < -0.3 is 5.32 Å². The van der Waals surface area contributed by atoms with Gasteiger partial charge in [0.2, 0.25) is 10.0 Å². The van der Waals surface area contributed by atoms with Gasteiger partial charge >= 0.3 is 0 Å². The van der Waals surface area contributed by atoms with E-state index in [1.54, 1.807) is 24.3 Å². The third-order valence-corrected chi connectivity index (χ3v) is 5.37. The second-order valence-corrected chi connectivity index (χ2v) is 7.99. The third kappa shape index (κ3) is 3.73. The highest BCUT2D eigenvalue weighted by atomic mass is 32.2. The van der Waals surface area contributed by atoms with Gasteiger partial charge in [0.05, 0.1) is 4.90 Å². The van der Waals surface area contributed by atoms with Crippen LogP contribution in [0.2, 0.25) is 0 Å². The molecule has 0 aromatic heterocycles. The molecule has 0 spiro atoms. The molecule has 112 valence electrons. The van der Waals surface area contributed by atoms with E-state index in [4.69, 9.17) is 0 Å². The topological polar surface area (TPSA) is 58.2 Å². The molecule has 1 aliphatic carbocycles. The predicted molar refractivity (Wildman–Crippen MR) is 82.3 cm³/mol. The number of hydrogen-bond acceptors (Lipinski definition) is 3. The van der Waals surface area contributed by atoms with Gasteiger partial charge in [-0.1, -0.05) is 13.8 Å². The van der Waals surface area contributed by atoms with Crippen LogP contribution < -0.4 is 10.0 Å². The van der Waals surface area contributed by atoms with E-state index in [0.717, 1.165) is 31.5 Å². The van der Waals surface area contributed by atoms with Crippen molar-refractivity contribution in [1.29, 1.82) is 0 Å². The van der Waals surface area contributed by atoms with Crippen molar-refractivity contribution in [3.63, 3.8) is 0 Å². The average Bonchev–Trinajstić information content (AvgIpc) is 2.69. The van der Waals surface area contributed by atoms with Crippen LogP contribution in [-0.4, -0.2) is 21.0 Å². The molecule has 2 rings (SSSR count). The highest BCUT2D eigenvalue weighted by molar-refractivity contribution is 7.89. The summed E-state index contributed by atoms with van der Waals surface area (Å²) < 4.78 is 27.5. The molecule has 0 bridgehead atoms. The maximum atomic E-state index is 12.3. The fourth-order valence-corrected chi connectivity index (χ4v) is 4.05. The third-order valence-electron chi connectivity index (χ3n) is 3.84. The minimum Gasteiger partial charge on any atom is -0.385 e. The van der Waals surface area contributed by atoms with Gasteiger partial charge in [-0.2, -0.15) is 0 Å². The molecular formula is C15H24N2O2S. The lowest BCUT2D eigenvalue weighted by molar-refractivity contribution is 0.372. The second-order valence-electron chi connectivity index (χ2n) is 6.28. The summed E-state index contributed by atoms with van der Waals surface area (Å²) in [5, 5.41) is 3.15. The van der Waals surface area contributed by atoms with Crippen LogP contribution >= 0.6 is 0 Å². The van der Waals surface area contributed by atoms with Crippen molar-refractivity contribution in [2.75, 3.05) is 11.9 Å². The molecular weight excluding hydrogens is 272 g/mol. The molecule has 1 aromatic carbocycles. The molecule has 20 heavy (non-hydrogen) atoms. The molecule has 1 atom stereocenters. The highest BCUT2D eigenvalue weighted by Gasteiger charge is 2.33. The first-order chi connectivity index (χ1) is 9.32. The van der Waals surface area contributed by atoms with Gasteiger partial charge in [-0.05, 0) is 55.9 Å². The minimum atomic E-state index is -3.40. The lowest BCUT2D eigenvalue weighted by atomic mass is 9.92. The largest absolute Gasteiger partial charge is 0.385 e. The van der Waals surface area contributed by atoms with Gasteiger partial charge in [-0.25, -0.2) is 13.1 Å². The number of anilines is 1. The van der Waals surface area contributed by atoms with Crippen molar-refractivity contribution in [2.45, 2.75) is 51.0 Å². The van der Waals surface area contributed by atoms with Crippen LogP contribution in [0.15, 0.2) is 29.2 Å². The summed E-state index contributed by atoms with van der Waals surface area (Å²) in [6.45, 7) is 7.20. The van der Waals surface area contributed by atoms with Crippen molar-refractivity contribution in [1.82, 2.24) is 4.72 Å². The molecule has 0 aliphatic heterocycles. The van der Waals surface area contributed by atoms with Gasteiger partial charge in [-0.3, -0.25) is 0 Å². The number of rotatable bonds is 5. The van der Waals surface area contributed by atoms with Crippen LogP contribution in [0, 0.1) is 5.41 Å². The Kier molecular flexibility index (Phi) is 4.39. The Balaban J connectivity index is 2.07. The van der Waals surface area contributed by atoms with Gasteiger partial charge in [0.25, 0.3) is 0 Å². The molecule has 5 heteroatoms. The monoisotopic (exact) mass is 296 g/mol. The summed E-state index contributed by atoms with van der Waals surface area (Å²) >= 11 is 0. The second kappa shape index (κ2) is 5.74. The van der Waals surface area contributed by atoms with E-state index in [0.29, 0.717) is 4.90 Å². The van der Waals surface area contributed by atoms with Crippen molar-refractivity contribution in [2.24, 2.45) is 5.41 Å². The Labute approximate surface area is 122 Å². The fraction of sp³-hybridized carbons (Fsp3) is 0.600. The smallest absolute Gasteiger partial charge is 0.240 e. The van der Waals surface area contributed by atoms with E-state index >= 15 is 0 Å². The zero-order chi connectivity index (χ0) is 14.8. The molecule has 4 nitrogen and oxygen atoms in total. The highest BCUT2D eigenvalue weighted by Crippen LogP contribution is 2.37. The first kappa shape index (κ1) is 15.3. The van der Waals surface area contributed by atoms with Crippen LogP contribution in [0.3, 0.4) is 0 Å². The Hall–Kier alpha value is -1.07. The molecule has 1 aliphatic rings. The number of sulfonamides is 1. The fourth-order valence-electron chi connectivity index (χ4n) is 2.78. The lowest BCUT2D eigenvalue weighted by Gasteiger charge is -2.18. The van der Waals surface area contributed by atoms with Crippen LogP contribution in [0.5, 0.6) is 0 Å². The van der Waals surface area contributed by atoms with E-state index in [1.807, 2.05) is 6.92 Å². The maximum Gasteiger partial charge on any atom is 0.240 e. The van der Waals surface area contributed by atoms with Gasteiger partial charge in [-0.15, -0.1) is 0 Å². The number of nitrogens with one attached hydrogen (secondary N) is 2. The Morgan fingerprint density at radius 2 is 1.90 bits per heavy atom. The summed E-state index contributed by atoms with van der Waals surface area (Å²) in [5.41, 5.74) is 1.18. The van der Waals surface area contributed by atoms with Crippen LogP contribution in [0.1, 0.15) is 40.0 Å². The molecule has 1 unspecified atom stereocenters. The number of benzene rings is 1. The molecule has 1 saturated carbocycles. The minimum absolute atomic E-state index is 0.0587. The Bertz CT molecular complexity index is 550. The molecule has 1 fully saturated rings. The van der Waals surface area contributed by atoms with E-state index in [-0.39, 0.29) is 11.5 Å². The SMILES string of the molecule is CCNc1ccc(S(=O)(=O)NC2CCC(C)(C)C2)cc1. The maximum absolute atomic E-state index is 12.3. The van der Waals surface area contributed by atoms with E-state index in [2.05, 4.69) is 23.9 Å². The van der Waals surface area contributed by atoms with Crippen LogP contribution in [0.25, 0.3) is 0 Å². The van der Waals surface area contributed by atoms with Gasteiger partial charge in [0.1, 0.15) is 0 Å². The summed E-state index contributed by atoms with van der Waals surface area (Å²) in [4.78, 5) is 0.337. The van der Waals surface area contributed by atoms with E-state index < -0.39 is 10.0 Å². The lowest BCUT2D eigenvalue weighted by Crippen LogP contribution is -2.33. The molecule has 0 amide bonds. The molecule has 0 radical (unpaired) electrons. The molecule has 0 heterocycles. The summed E-state index contributed by atoms with van der Waals surface area (Å²) in [7, 11) is -3.40. The molecule has 0 saturated heterocycles. The Morgan fingerprint density at radius 1 is 1.25 bits per heavy atom. The average molecular weight is 296 g/mol. The first-order valence-electron chi connectivity index (χ1n) is 7.19. The standard InChI is InChI=1S/C15H24N2O2S/c1-4-16-12-5-7-14(8-6-12)20(18,19)17-13-9-10-15(2,3)11-13/h5-8,13,16-17H,4,9-11H2,1-3H3. The van der Waals surface area contributed by atoms with Crippen molar-refractivity contribution < 1.29 is 8.42 Å². The van der Waals surface area contributed by atoms with E-state index in [9.17, 15) is 8.42 Å². The first-order valence-corrected chi connectivity index (χ1v) is 8.67. The summed E-state index contributed by atoms with van der Waals surface area (Å²) in [6.07, 6.45) is 2.89. The molecule has 1 aromatic rings. The summed E-state index contributed by atoms with van der Waals surface area (Å²) in [6, 6.07) is 6.97. The predicted octanol–water partition coefficient (Wildman–Crippen LogP) is 2.98. The normalized spacial score (nSPS) is 21.9. The molecule has 2 N–H and O–H groups in total. The van der Waals surface area contributed by atoms with Crippen molar-refractivity contribution >= 4 is 15.7 Å². The van der Waals surface area contributed by atoms with Crippen LogP contribution in [-0.2, 0) is 10.0 Å². The van der Waals surface area contributed by atoms with Gasteiger partial charge in [0.15, 0.2) is 0 Å². The zero-order valence-corrected chi connectivity index (χ0v) is 13.3. The van der Waals surface area contributed by atoms with Crippen molar-refractivity contribution in [3.05, 3.63) is 24.3 Å². The van der Waals surface area contributed by atoms with E-state index in [1.165, 1.54) is 0 Å². The van der Waals surface area contributed by atoms with Crippen molar-refractivity contribution in [3.8, 4) is 0 Å².